The highest BCUT2D eigenvalue weighted by atomic mass is 79.9. The first-order valence-corrected chi connectivity index (χ1v) is 6.20. The van der Waals surface area contributed by atoms with Gasteiger partial charge in [-0.05, 0) is 25.0 Å². The second-order valence-electron chi connectivity index (χ2n) is 3.74. The summed E-state index contributed by atoms with van der Waals surface area (Å²) in [4.78, 5) is 0. The Bertz CT molecular complexity index is 348. The molecule has 1 aromatic carbocycles. The average Bonchev–Trinajstić information content (AvgIpc) is 2.29. The quantitative estimate of drug-likeness (QED) is 0.853. The zero-order chi connectivity index (χ0) is 11.4. The van der Waals surface area contributed by atoms with E-state index >= 15 is 0 Å². The third-order valence-corrected chi connectivity index (χ3v) is 2.94. The Hall–Kier alpha value is -0.740. The Kier molecular flexibility index (Phi) is 4.07. The van der Waals surface area contributed by atoms with Crippen molar-refractivity contribution in [1.82, 2.24) is 0 Å². The number of ether oxygens (including phenoxy) is 3. The summed E-state index contributed by atoms with van der Waals surface area (Å²) in [6, 6.07) is 5.68. The summed E-state index contributed by atoms with van der Waals surface area (Å²) < 4.78 is 17.4. The van der Waals surface area contributed by atoms with Gasteiger partial charge in [-0.25, -0.2) is 0 Å². The molecule has 1 fully saturated rings. The average molecular weight is 287 g/mol. The van der Waals surface area contributed by atoms with E-state index in [1.54, 1.807) is 7.11 Å². The third-order valence-electron chi connectivity index (χ3n) is 2.49. The summed E-state index contributed by atoms with van der Waals surface area (Å²) in [5.41, 5.74) is 0. The van der Waals surface area contributed by atoms with E-state index in [1.165, 1.54) is 0 Å². The molecule has 3 nitrogen and oxygen atoms in total. The maximum Gasteiger partial charge on any atom is 0.199 e. The SMILES string of the molecule is COc1cc(Br)cc(OC2CCCCO2)c1. The van der Waals surface area contributed by atoms with Crippen molar-refractivity contribution >= 4 is 15.9 Å². The molecule has 16 heavy (non-hydrogen) atoms. The third kappa shape index (κ3) is 3.12. The number of hydrogen-bond acceptors (Lipinski definition) is 3. The Morgan fingerprint density at radius 1 is 1.25 bits per heavy atom. The predicted molar refractivity (Wildman–Crippen MR) is 64.9 cm³/mol. The summed E-state index contributed by atoms with van der Waals surface area (Å²) in [7, 11) is 1.64. The Morgan fingerprint density at radius 2 is 2.06 bits per heavy atom. The summed E-state index contributed by atoms with van der Waals surface area (Å²) in [6.07, 6.45) is 3.12. The first kappa shape index (κ1) is 11.7. The fraction of sp³-hybridized carbons (Fsp3) is 0.500. The van der Waals surface area contributed by atoms with Crippen LogP contribution in [0.2, 0.25) is 0 Å². The summed E-state index contributed by atoms with van der Waals surface area (Å²) >= 11 is 3.42. The van der Waals surface area contributed by atoms with Gasteiger partial charge in [0.05, 0.1) is 13.7 Å². The minimum atomic E-state index is -0.118. The van der Waals surface area contributed by atoms with Gasteiger partial charge in [0, 0.05) is 17.0 Å². The first-order chi connectivity index (χ1) is 7.78. The number of halogens is 1. The molecule has 1 saturated heterocycles. The maximum atomic E-state index is 5.75. The molecule has 1 atom stereocenters. The maximum absolute atomic E-state index is 5.75. The molecule has 0 aliphatic carbocycles. The van der Waals surface area contributed by atoms with Crippen LogP contribution in [0.5, 0.6) is 11.5 Å². The lowest BCUT2D eigenvalue weighted by atomic mass is 10.2. The van der Waals surface area contributed by atoms with Crippen LogP contribution in [0.15, 0.2) is 22.7 Å². The topological polar surface area (TPSA) is 27.7 Å². The smallest absolute Gasteiger partial charge is 0.199 e. The van der Waals surface area contributed by atoms with Crippen LogP contribution in [0.3, 0.4) is 0 Å². The Labute approximate surface area is 104 Å². The molecule has 1 unspecified atom stereocenters. The molecule has 1 aromatic rings. The van der Waals surface area contributed by atoms with Crippen molar-refractivity contribution in [1.29, 1.82) is 0 Å². The second-order valence-corrected chi connectivity index (χ2v) is 4.66. The molecule has 0 saturated carbocycles. The summed E-state index contributed by atoms with van der Waals surface area (Å²) in [6.45, 7) is 0.788. The molecule has 0 bridgehead atoms. The van der Waals surface area contributed by atoms with Gasteiger partial charge in [-0.2, -0.15) is 0 Å². The van der Waals surface area contributed by atoms with E-state index in [0.717, 1.165) is 41.8 Å². The van der Waals surface area contributed by atoms with Crippen LogP contribution in [0.1, 0.15) is 19.3 Å². The predicted octanol–water partition coefficient (Wildman–Crippen LogP) is 3.36. The molecule has 4 heteroatoms. The Morgan fingerprint density at radius 3 is 2.75 bits per heavy atom. The van der Waals surface area contributed by atoms with E-state index in [1.807, 2.05) is 18.2 Å². The molecule has 0 radical (unpaired) electrons. The van der Waals surface area contributed by atoms with Crippen molar-refractivity contribution in [2.24, 2.45) is 0 Å². The Balaban J connectivity index is 2.04. The van der Waals surface area contributed by atoms with Gasteiger partial charge in [0.25, 0.3) is 0 Å². The number of methoxy groups -OCH3 is 1. The van der Waals surface area contributed by atoms with Gasteiger partial charge < -0.3 is 14.2 Å². The second kappa shape index (κ2) is 5.55. The molecule has 1 heterocycles. The van der Waals surface area contributed by atoms with Crippen molar-refractivity contribution in [3.63, 3.8) is 0 Å². The van der Waals surface area contributed by atoms with Gasteiger partial charge in [-0.15, -0.1) is 0 Å². The van der Waals surface area contributed by atoms with Gasteiger partial charge in [-0.3, -0.25) is 0 Å². The van der Waals surface area contributed by atoms with Gasteiger partial charge in [0.2, 0.25) is 0 Å². The monoisotopic (exact) mass is 286 g/mol. The lowest BCUT2D eigenvalue weighted by molar-refractivity contribution is -0.105. The molecule has 0 aromatic heterocycles. The molecule has 1 aliphatic heterocycles. The highest BCUT2D eigenvalue weighted by Gasteiger charge is 2.15. The molecular weight excluding hydrogens is 272 g/mol. The lowest BCUT2D eigenvalue weighted by Crippen LogP contribution is -2.24. The molecular formula is C12H15BrO3. The molecule has 1 aliphatic rings. The number of benzene rings is 1. The van der Waals surface area contributed by atoms with Crippen molar-refractivity contribution in [3.8, 4) is 11.5 Å². The molecule has 0 amide bonds. The normalized spacial score (nSPS) is 20.5. The fourth-order valence-corrected chi connectivity index (χ4v) is 2.13. The minimum absolute atomic E-state index is 0.118. The van der Waals surface area contributed by atoms with E-state index in [-0.39, 0.29) is 6.29 Å². The van der Waals surface area contributed by atoms with Gasteiger partial charge in [-0.1, -0.05) is 15.9 Å². The van der Waals surface area contributed by atoms with Crippen molar-refractivity contribution in [2.45, 2.75) is 25.6 Å². The lowest BCUT2D eigenvalue weighted by Gasteiger charge is -2.23. The van der Waals surface area contributed by atoms with E-state index in [9.17, 15) is 0 Å². The summed E-state index contributed by atoms with van der Waals surface area (Å²) in [5.74, 6) is 1.55. The zero-order valence-electron chi connectivity index (χ0n) is 9.24. The van der Waals surface area contributed by atoms with Crippen LogP contribution in [-0.2, 0) is 4.74 Å². The summed E-state index contributed by atoms with van der Waals surface area (Å²) in [5, 5.41) is 0. The van der Waals surface area contributed by atoms with E-state index in [2.05, 4.69) is 15.9 Å². The van der Waals surface area contributed by atoms with Crippen LogP contribution in [0, 0.1) is 0 Å². The van der Waals surface area contributed by atoms with Gasteiger partial charge >= 0.3 is 0 Å². The largest absolute Gasteiger partial charge is 0.497 e. The van der Waals surface area contributed by atoms with E-state index in [4.69, 9.17) is 14.2 Å². The first-order valence-electron chi connectivity index (χ1n) is 5.41. The van der Waals surface area contributed by atoms with Crippen LogP contribution in [0.25, 0.3) is 0 Å². The van der Waals surface area contributed by atoms with Crippen LogP contribution >= 0.6 is 15.9 Å². The molecule has 0 N–H and O–H groups in total. The van der Waals surface area contributed by atoms with Crippen molar-refractivity contribution in [2.75, 3.05) is 13.7 Å². The van der Waals surface area contributed by atoms with E-state index < -0.39 is 0 Å². The van der Waals surface area contributed by atoms with Crippen LogP contribution in [0.4, 0.5) is 0 Å². The standard InChI is InChI=1S/C12H15BrO3/c1-14-10-6-9(13)7-11(8-10)16-12-4-2-3-5-15-12/h6-8,12H,2-5H2,1H3. The van der Waals surface area contributed by atoms with Crippen molar-refractivity contribution < 1.29 is 14.2 Å². The van der Waals surface area contributed by atoms with Crippen molar-refractivity contribution in [3.05, 3.63) is 22.7 Å². The van der Waals surface area contributed by atoms with Crippen LogP contribution in [-0.4, -0.2) is 20.0 Å². The zero-order valence-corrected chi connectivity index (χ0v) is 10.8. The molecule has 0 spiro atoms. The fourth-order valence-electron chi connectivity index (χ4n) is 1.68. The van der Waals surface area contributed by atoms with Gasteiger partial charge in [0.15, 0.2) is 6.29 Å². The highest BCUT2D eigenvalue weighted by molar-refractivity contribution is 9.10. The number of hydrogen-bond donors (Lipinski definition) is 0. The molecule has 88 valence electrons. The number of rotatable bonds is 3. The highest BCUT2D eigenvalue weighted by Crippen LogP contribution is 2.28. The van der Waals surface area contributed by atoms with Crippen LogP contribution < -0.4 is 9.47 Å². The molecule has 2 rings (SSSR count). The van der Waals surface area contributed by atoms with Gasteiger partial charge in [0.1, 0.15) is 11.5 Å². The van der Waals surface area contributed by atoms with E-state index in [0.29, 0.717) is 0 Å². The minimum Gasteiger partial charge on any atom is -0.497 e.